The Kier molecular flexibility index (Phi) is 5.36. The first-order valence-corrected chi connectivity index (χ1v) is 9.59. The zero-order chi connectivity index (χ0) is 17.1. The molecule has 6 heteroatoms. The molecule has 0 atom stereocenters. The number of hydrogen-bond acceptors (Lipinski definition) is 4. The number of nitrogens with one attached hydrogen (secondary N) is 1. The molecule has 1 aliphatic carbocycles. The fourth-order valence-electron chi connectivity index (χ4n) is 2.88. The third kappa shape index (κ3) is 3.54. The summed E-state index contributed by atoms with van der Waals surface area (Å²) in [5.74, 6) is -0.568. The quantitative estimate of drug-likeness (QED) is 0.739. The number of esters is 1. The van der Waals surface area contributed by atoms with Crippen LogP contribution >= 0.6 is 27.3 Å². The fourth-order valence-corrected chi connectivity index (χ4v) is 4.55. The van der Waals surface area contributed by atoms with Gasteiger partial charge in [0.05, 0.1) is 12.2 Å². The van der Waals surface area contributed by atoms with Crippen molar-refractivity contribution in [2.45, 2.75) is 32.6 Å². The second-order valence-corrected chi connectivity index (χ2v) is 7.62. The van der Waals surface area contributed by atoms with E-state index >= 15 is 0 Å². The molecule has 1 amide bonds. The minimum absolute atomic E-state index is 0.222. The Morgan fingerprint density at radius 2 is 2.08 bits per heavy atom. The molecule has 1 aromatic heterocycles. The standard InChI is InChI=1S/C18H18BrNO3S/c1-2-23-18(22)15-13-8-3-4-9-14(13)24-17(15)20-16(21)11-6-5-7-12(19)10-11/h5-7,10H,2-4,8-9H2,1H3,(H,20,21). The zero-order valence-electron chi connectivity index (χ0n) is 13.4. The Balaban J connectivity index is 1.93. The summed E-state index contributed by atoms with van der Waals surface area (Å²) in [6.07, 6.45) is 4.01. The first kappa shape index (κ1) is 17.2. The maximum atomic E-state index is 12.5. The summed E-state index contributed by atoms with van der Waals surface area (Å²) >= 11 is 4.87. The van der Waals surface area contributed by atoms with E-state index in [0.29, 0.717) is 22.7 Å². The van der Waals surface area contributed by atoms with Crippen LogP contribution in [0.25, 0.3) is 0 Å². The molecule has 3 rings (SSSR count). The highest BCUT2D eigenvalue weighted by Crippen LogP contribution is 2.38. The number of hydrogen-bond donors (Lipinski definition) is 1. The van der Waals surface area contributed by atoms with Gasteiger partial charge in [-0.15, -0.1) is 11.3 Å². The van der Waals surface area contributed by atoms with E-state index in [-0.39, 0.29) is 11.9 Å². The van der Waals surface area contributed by atoms with Gasteiger partial charge in [-0.05, 0) is 56.4 Å². The van der Waals surface area contributed by atoms with Gasteiger partial charge in [0.1, 0.15) is 5.00 Å². The van der Waals surface area contributed by atoms with Gasteiger partial charge in [-0.25, -0.2) is 4.79 Å². The summed E-state index contributed by atoms with van der Waals surface area (Å²) in [6.45, 7) is 2.11. The summed E-state index contributed by atoms with van der Waals surface area (Å²) < 4.78 is 6.05. The summed E-state index contributed by atoms with van der Waals surface area (Å²) in [7, 11) is 0. The molecule has 0 bridgehead atoms. The first-order valence-electron chi connectivity index (χ1n) is 7.98. The number of ether oxygens (including phenoxy) is 1. The third-order valence-electron chi connectivity index (χ3n) is 3.96. The van der Waals surface area contributed by atoms with Crippen molar-refractivity contribution in [2.24, 2.45) is 0 Å². The maximum Gasteiger partial charge on any atom is 0.341 e. The van der Waals surface area contributed by atoms with Crippen molar-refractivity contribution in [3.05, 3.63) is 50.3 Å². The van der Waals surface area contributed by atoms with Gasteiger partial charge < -0.3 is 10.1 Å². The molecule has 24 heavy (non-hydrogen) atoms. The number of benzene rings is 1. The van der Waals surface area contributed by atoms with Gasteiger partial charge in [0.25, 0.3) is 5.91 Å². The second kappa shape index (κ2) is 7.49. The molecule has 1 aliphatic rings. The molecule has 0 radical (unpaired) electrons. The predicted octanol–water partition coefficient (Wildman–Crippen LogP) is 4.82. The van der Waals surface area contributed by atoms with E-state index in [9.17, 15) is 9.59 Å². The SMILES string of the molecule is CCOC(=O)c1c(NC(=O)c2cccc(Br)c2)sc2c1CCCC2. The fraction of sp³-hybridized carbons (Fsp3) is 0.333. The molecule has 1 aromatic carbocycles. The highest BCUT2D eigenvalue weighted by molar-refractivity contribution is 9.10. The molecule has 0 fully saturated rings. The van der Waals surface area contributed by atoms with Crippen molar-refractivity contribution in [1.82, 2.24) is 0 Å². The number of aryl methyl sites for hydroxylation is 1. The lowest BCUT2D eigenvalue weighted by Crippen LogP contribution is -2.15. The van der Waals surface area contributed by atoms with Crippen molar-refractivity contribution in [1.29, 1.82) is 0 Å². The summed E-state index contributed by atoms with van der Waals surface area (Å²) in [6, 6.07) is 7.18. The van der Waals surface area contributed by atoms with Crippen molar-refractivity contribution >= 4 is 44.1 Å². The monoisotopic (exact) mass is 407 g/mol. The molecule has 126 valence electrons. The van der Waals surface area contributed by atoms with Crippen LogP contribution in [0.1, 0.15) is 50.9 Å². The Morgan fingerprint density at radius 1 is 1.29 bits per heavy atom. The first-order chi connectivity index (χ1) is 11.6. The molecule has 0 spiro atoms. The topological polar surface area (TPSA) is 55.4 Å². The van der Waals surface area contributed by atoms with E-state index in [0.717, 1.165) is 35.7 Å². The van der Waals surface area contributed by atoms with Crippen molar-refractivity contribution < 1.29 is 14.3 Å². The Hall–Kier alpha value is -1.66. The number of thiophene rings is 1. The number of carbonyl (C=O) groups excluding carboxylic acids is 2. The van der Waals surface area contributed by atoms with Crippen LogP contribution in [0, 0.1) is 0 Å². The smallest absolute Gasteiger partial charge is 0.341 e. The molecule has 2 aromatic rings. The maximum absolute atomic E-state index is 12.5. The molecule has 1 heterocycles. The molecular formula is C18H18BrNO3S. The lowest BCUT2D eigenvalue weighted by molar-refractivity contribution is 0.0526. The lowest BCUT2D eigenvalue weighted by Gasteiger charge is -2.12. The van der Waals surface area contributed by atoms with Gasteiger partial charge in [-0.2, -0.15) is 0 Å². The van der Waals surface area contributed by atoms with Crippen molar-refractivity contribution in [3.63, 3.8) is 0 Å². The Morgan fingerprint density at radius 3 is 2.83 bits per heavy atom. The molecule has 1 N–H and O–H groups in total. The average Bonchev–Trinajstić information content (AvgIpc) is 2.93. The van der Waals surface area contributed by atoms with E-state index < -0.39 is 0 Å². The third-order valence-corrected chi connectivity index (χ3v) is 5.67. The highest BCUT2D eigenvalue weighted by Gasteiger charge is 2.27. The molecular weight excluding hydrogens is 390 g/mol. The van der Waals surface area contributed by atoms with E-state index in [4.69, 9.17) is 4.74 Å². The van der Waals surface area contributed by atoms with Crippen LogP contribution in [0.15, 0.2) is 28.7 Å². The van der Waals surface area contributed by atoms with Crippen LogP contribution < -0.4 is 5.32 Å². The normalized spacial score (nSPS) is 13.2. The van der Waals surface area contributed by atoms with Gasteiger partial charge in [0, 0.05) is 14.9 Å². The van der Waals surface area contributed by atoms with Crippen LogP contribution in [0.5, 0.6) is 0 Å². The number of fused-ring (bicyclic) bond motifs is 1. The molecule has 0 saturated carbocycles. The summed E-state index contributed by atoms with van der Waals surface area (Å²) in [5, 5.41) is 3.51. The molecule has 0 saturated heterocycles. The minimum Gasteiger partial charge on any atom is -0.462 e. The van der Waals surface area contributed by atoms with Gasteiger partial charge in [-0.1, -0.05) is 22.0 Å². The molecule has 0 aliphatic heterocycles. The van der Waals surface area contributed by atoms with Gasteiger partial charge >= 0.3 is 5.97 Å². The highest BCUT2D eigenvalue weighted by atomic mass is 79.9. The zero-order valence-corrected chi connectivity index (χ0v) is 15.8. The minimum atomic E-state index is -0.346. The molecule has 4 nitrogen and oxygen atoms in total. The number of halogens is 1. The number of amides is 1. The van der Waals surface area contributed by atoms with E-state index in [1.165, 1.54) is 16.2 Å². The lowest BCUT2D eigenvalue weighted by atomic mass is 9.95. The largest absolute Gasteiger partial charge is 0.462 e. The van der Waals surface area contributed by atoms with Crippen LogP contribution in [-0.4, -0.2) is 18.5 Å². The average molecular weight is 408 g/mol. The van der Waals surface area contributed by atoms with E-state index in [2.05, 4.69) is 21.2 Å². The number of anilines is 1. The predicted molar refractivity (Wildman–Crippen MR) is 99.0 cm³/mol. The van der Waals surface area contributed by atoms with E-state index in [1.54, 1.807) is 19.1 Å². The number of carbonyl (C=O) groups is 2. The van der Waals surface area contributed by atoms with Crippen LogP contribution in [0.4, 0.5) is 5.00 Å². The molecule has 0 unspecified atom stereocenters. The van der Waals surface area contributed by atoms with Crippen LogP contribution in [0.3, 0.4) is 0 Å². The van der Waals surface area contributed by atoms with Crippen LogP contribution in [0.2, 0.25) is 0 Å². The van der Waals surface area contributed by atoms with E-state index in [1.807, 2.05) is 12.1 Å². The second-order valence-electron chi connectivity index (χ2n) is 5.60. The van der Waals surface area contributed by atoms with Crippen molar-refractivity contribution in [3.8, 4) is 0 Å². The van der Waals surface area contributed by atoms with Gasteiger partial charge in [-0.3, -0.25) is 4.79 Å². The van der Waals surface area contributed by atoms with Crippen LogP contribution in [-0.2, 0) is 17.6 Å². The van der Waals surface area contributed by atoms with Crippen molar-refractivity contribution in [2.75, 3.05) is 11.9 Å². The van der Waals surface area contributed by atoms with Gasteiger partial charge in [0.15, 0.2) is 0 Å². The Labute approximate surface area is 153 Å². The van der Waals surface area contributed by atoms with Gasteiger partial charge in [0.2, 0.25) is 0 Å². The summed E-state index contributed by atoms with van der Waals surface area (Å²) in [5.41, 5.74) is 2.14. The number of rotatable bonds is 4. The Bertz CT molecular complexity index is 785. The summed E-state index contributed by atoms with van der Waals surface area (Å²) in [4.78, 5) is 26.1.